The Morgan fingerprint density at radius 3 is 2.60 bits per heavy atom. The summed E-state index contributed by atoms with van der Waals surface area (Å²) in [7, 11) is 0. The maximum absolute atomic E-state index is 12.4. The van der Waals surface area contributed by atoms with Crippen molar-refractivity contribution < 1.29 is 34.2 Å². The highest BCUT2D eigenvalue weighted by molar-refractivity contribution is 7.81. The molecule has 1 aliphatic rings. The maximum atomic E-state index is 12.4. The van der Waals surface area contributed by atoms with E-state index in [-0.39, 0.29) is 13.2 Å². The van der Waals surface area contributed by atoms with Gasteiger partial charge in [0.15, 0.2) is 0 Å². The molecular formula is C14H22N2O8S. The van der Waals surface area contributed by atoms with Crippen LogP contribution < -0.4 is 0 Å². The molecule has 0 aromatic rings. The number of aliphatic carboxylic acids is 1. The lowest BCUT2D eigenvalue weighted by Gasteiger charge is -2.26. The van der Waals surface area contributed by atoms with Gasteiger partial charge in [-0.1, -0.05) is 6.92 Å². The summed E-state index contributed by atoms with van der Waals surface area (Å²) >= 11 is 4.12. The number of carbonyl (C=O) groups is 3. The Bertz CT molecular complexity index is 515. The fourth-order valence-corrected chi connectivity index (χ4v) is 2.69. The molecule has 25 heavy (non-hydrogen) atoms. The lowest BCUT2D eigenvalue weighted by molar-refractivity contribution is -0.757. The molecule has 0 aromatic heterocycles. The van der Waals surface area contributed by atoms with E-state index < -0.39 is 40.1 Å². The molecule has 142 valence electrons. The number of hydrogen-bond acceptors (Lipinski definition) is 8. The number of unbranched alkanes of at least 4 members (excludes halogenated alkanes) is 1. The second-order valence-corrected chi connectivity index (χ2v) is 6.25. The predicted octanol–water partition coefficient (Wildman–Crippen LogP) is 0.528. The number of nitrogens with zero attached hydrogens (tertiary/aromatic N) is 2. The van der Waals surface area contributed by atoms with Crippen LogP contribution in [0.1, 0.15) is 32.6 Å². The molecule has 1 fully saturated rings. The van der Waals surface area contributed by atoms with E-state index in [2.05, 4.69) is 17.5 Å². The number of carboxylic acid groups (broad SMARTS) is 1. The number of esters is 1. The largest absolute Gasteiger partial charge is 0.480 e. The van der Waals surface area contributed by atoms with Crippen LogP contribution in [0.4, 0.5) is 0 Å². The average Bonchev–Trinajstić information content (AvgIpc) is 3.05. The first-order chi connectivity index (χ1) is 11.8. The van der Waals surface area contributed by atoms with Gasteiger partial charge >= 0.3 is 11.9 Å². The number of hydrogen-bond donors (Lipinski definition) is 2. The van der Waals surface area contributed by atoms with Crippen molar-refractivity contribution in [1.29, 1.82) is 0 Å². The van der Waals surface area contributed by atoms with Crippen LogP contribution in [0.15, 0.2) is 0 Å². The van der Waals surface area contributed by atoms with E-state index in [4.69, 9.17) is 9.84 Å². The third-order valence-electron chi connectivity index (χ3n) is 3.91. The van der Waals surface area contributed by atoms with Crippen molar-refractivity contribution in [1.82, 2.24) is 4.90 Å². The zero-order valence-corrected chi connectivity index (χ0v) is 14.7. The minimum absolute atomic E-state index is 0.0271. The monoisotopic (exact) mass is 378 g/mol. The van der Waals surface area contributed by atoms with Crippen LogP contribution in [0.25, 0.3) is 0 Å². The van der Waals surface area contributed by atoms with E-state index >= 15 is 0 Å². The molecule has 1 saturated heterocycles. The van der Waals surface area contributed by atoms with E-state index in [1.54, 1.807) is 0 Å². The Balaban J connectivity index is 2.40. The molecule has 0 saturated carbocycles. The average molecular weight is 378 g/mol. The molecule has 1 heterocycles. The van der Waals surface area contributed by atoms with Gasteiger partial charge in [0, 0.05) is 6.54 Å². The summed E-state index contributed by atoms with van der Waals surface area (Å²) in [6.45, 7) is 1.78. The summed E-state index contributed by atoms with van der Waals surface area (Å²) in [4.78, 5) is 50.8. The van der Waals surface area contributed by atoms with Gasteiger partial charge in [0.1, 0.15) is 11.3 Å². The van der Waals surface area contributed by atoms with Crippen molar-refractivity contribution in [3.05, 3.63) is 10.1 Å². The molecule has 1 rings (SSSR count). The minimum atomic E-state index is -1.06. The van der Waals surface area contributed by atoms with Crippen LogP contribution >= 0.6 is 12.6 Å². The van der Waals surface area contributed by atoms with Crippen LogP contribution in [-0.2, 0) is 24.0 Å². The number of carbonyl (C=O) groups excluding carboxylic acids is 2. The minimum Gasteiger partial charge on any atom is -0.480 e. The number of thiol groups is 1. The normalized spacial score (nSPS) is 19.1. The summed E-state index contributed by atoms with van der Waals surface area (Å²) in [5.41, 5.74) is 0. The van der Waals surface area contributed by atoms with Crippen molar-refractivity contribution in [3.63, 3.8) is 0 Å². The molecule has 0 aromatic carbocycles. The van der Waals surface area contributed by atoms with Crippen LogP contribution in [-0.4, -0.2) is 64.0 Å². The number of rotatable bonds is 10. The topological polar surface area (TPSA) is 136 Å². The molecule has 3 atom stereocenters. The van der Waals surface area contributed by atoms with Gasteiger partial charge < -0.3 is 19.6 Å². The summed E-state index contributed by atoms with van der Waals surface area (Å²) < 4.78 is 4.99. The van der Waals surface area contributed by atoms with Crippen LogP contribution in [0.3, 0.4) is 0 Å². The summed E-state index contributed by atoms with van der Waals surface area (Å²) in [5.74, 6) is -3.02. The van der Waals surface area contributed by atoms with Gasteiger partial charge in [-0.2, -0.15) is 12.6 Å². The van der Waals surface area contributed by atoms with Crippen LogP contribution in [0, 0.1) is 16.0 Å². The molecule has 11 heteroatoms. The summed E-state index contributed by atoms with van der Waals surface area (Å²) in [6, 6.07) is -0.868. The van der Waals surface area contributed by atoms with Crippen molar-refractivity contribution in [2.24, 2.45) is 5.92 Å². The molecular weight excluding hydrogens is 356 g/mol. The van der Waals surface area contributed by atoms with E-state index in [0.717, 1.165) is 0 Å². The second-order valence-electron chi connectivity index (χ2n) is 5.69. The van der Waals surface area contributed by atoms with E-state index in [1.807, 2.05) is 0 Å². The predicted molar refractivity (Wildman–Crippen MR) is 87.4 cm³/mol. The lowest BCUT2D eigenvalue weighted by atomic mass is 10.1. The summed E-state index contributed by atoms with van der Waals surface area (Å²) in [6.07, 6.45) is 1.70. The fraction of sp³-hybridized carbons (Fsp3) is 0.786. The van der Waals surface area contributed by atoms with Crippen LogP contribution in [0.2, 0.25) is 0 Å². The highest BCUT2D eigenvalue weighted by atomic mass is 32.1. The highest BCUT2D eigenvalue weighted by Gasteiger charge is 2.39. The second kappa shape index (κ2) is 10.1. The summed E-state index contributed by atoms with van der Waals surface area (Å²) in [5, 5.41) is 17.2. The maximum Gasteiger partial charge on any atom is 0.326 e. The first-order valence-electron chi connectivity index (χ1n) is 7.91. The molecule has 0 spiro atoms. The SMILES string of the molecule is C[C@@H](C(=O)N1CCC[C@H]1C(=O)O)C(S)C(=O)OCCCCO[N+](=O)[O-]. The molecule has 0 bridgehead atoms. The fourth-order valence-electron chi connectivity index (χ4n) is 2.49. The van der Waals surface area contributed by atoms with Crippen LogP contribution in [0.5, 0.6) is 0 Å². The van der Waals surface area contributed by atoms with E-state index in [9.17, 15) is 24.5 Å². The van der Waals surface area contributed by atoms with Gasteiger partial charge in [-0.25, -0.2) is 4.79 Å². The van der Waals surface area contributed by atoms with Crippen molar-refractivity contribution in [3.8, 4) is 0 Å². The Morgan fingerprint density at radius 2 is 2.00 bits per heavy atom. The molecule has 1 amide bonds. The number of amides is 1. The van der Waals surface area contributed by atoms with E-state index in [1.165, 1.54) is 11.8 Å². The third-order valence-corrected chi connectivity index (χ3v) is 4.56. The standard InChI is InChI=1S/C14H22N2O8S/c1-9(12(17)15-6-4-5-10(15)13(18)19)11(25)14(20)23-7-2-3-8-24-16(21)22/h9-11,25H,2-8H2,1H3,(H,18,19)/t9-,10+,11?/m1/s1. The third kappa shape index (κ3) is 6.40. The van der Waals surface area contributed by atoms with Crippen molar-refractivity contribution in [2.45, 2.75) is 43.9 Å². The van der Waals surface area contributed by atoms with Gasteiger partial charge in [-0.3, -0.25) is 9.59 Å². The van der Waals surface area contributed by atoms with Gasteiger partial charge in [0.25, 0.3) is 5.09 Å². The molecule has 1 N–H and O–H groups in total. The van der Waals surface area contributed by atoms with Gasteiger partial charge in [-0.15, -0.1) is 10.1 Å². The molecule has 0 aliphatic carbocycles. The molecule has 1 aliphatic heterocycles. The Hall–Kier alpha value is -2.04. The lowest BCUT2D eigenvalue weighted by Crippen LogP contribution is -2.46. The highest BCUT2D eigenvalue weighted by Crippen LogP contribution is 2.23. The van der Waals surface area contributed by atoms with Crippen molar-refractivity contribution in [2.75, 3.05) is 19.8 Å². The van der Waals surface area contributed by atoms with Gasteiger partial charge in [-0.05, 0) is 25.7 Å². The number of likely N-dealkylation sites (tertiary alicyclic amines) is 1. The Morgan fingerprint density at radius 1 is 1.36 bits per heavy atom. The molecule has 10 nitrogen and oxygen atoms in total. The number of carboxylic acids is 1. The van der Waals surface area contributed by atoms with E-state index in [0.29, 0.717) is 32.2 Å². The molecule has 0 radical (unpaired) electrons. The quantitative estimate of drug-likeness (QED) is 0.185. The van der Waals surface area contributed by atoms with Gasteiger partial charge in [0.2, 0.25) is 5.91 Å². The smallest absolute Gasteiger partial charge is 0.326 e. The van der Waals surface area contributed by atoms with Crippen molar-refractivity contribution >= 4 is 30.5 Å². The zero-order chi connectivity index (χ0) is 19.0. The first kappa shape index (κ1) is 21.0. The van der Waals surface area contributed by atoms with Gasteiger partial charge in [0.05, 0.1) is 19.1 Å². The Kier molecular flexibility index (Phi) is 8.46. The Labute approximate surface area is 150 Å². The number of ether oxygens (including phenoxy) is 1. The zero-order valence-electron chi connectivity index (χ0n) is 13.8. The first-order valence-corrected chi connectivity index (χ1v) is 8.42. The molecule has 1 unspecified atom stereocenters.